The molecule has 0 spiro atoms. The van der Waals surface area contributed by atoms with Crippen molar-refractivity contribution in [3.63, 3.8) is 0 Å². The van der Waals surface area contributed by atoms with Crippen molar-refractivity contribution in [2.75, 3.05) is 5.75 Å². The van der Waals surface area contributed by atoms with Gasteiger partial charge in [0.15, 0.2) is 9.84 Å². The Morgan fingerprint density at radius 3 is 2.72 bits per heavy atom. The fraction of sp³-hybridized carbons (Fsp3) is 0.385. The molecule has 2 unspecified atom stereocenters. The first kappa shape index (κ1) is 13.2. The summed E-state index contributed by atoms with van der Waals surface area (Å²) in [4.78, 5) is 0. The zero-order chi connectivity index (χ0) is 13.2. The highest BCUT2D eigenvalue weighted by Gasteiger charge is 2.24. The zero-order valence-electron chi connectivity index (χ0n) is 10.1. The van der Waals surface area contributed by atoms with Crippen molar-refractivity contribution >= 4 is 9.84 Å². The van der Waals surface area contributed by atoms with E-state index in [1.807, 2.05) is 6.92 Å². The van der Waals surface area contributed by atoms with Crippen molar-refractivity contribution in [3.8, 4) is 0 Å². The topological polar surface area (TPSA) is 46.2 Å². The molecule has 98 valence electrons. The molecule has 0 aromatic heterocycles. The van der Waals surface area contributed by atoms with Crippen molar-refractivity contribution in [1.82, 2.24) is 5.32 Å². The molecule has 1 aromatic carbocycles. The molecule has 0 bridgehead atoms. The lowest BCUT2D eigenvalue weighted by molar-refractivity contribution is 0.468. The van der Waals surface area contributed by atoms with Gasteiger partial charge in [-0.1, -0.05) is 31.2 Å². The van der Waals surface area contributed by atoms with Crippen molar-refractivity contribution < 1.29 is 12.8 Å². The molecule has 0 saturated heterocycles. The molecule has 0 radical (unpaired) electrons. The summed E-state index contributed by atoms with van der Waals surface area (Å²) in [5, 5.41) is 4.39. The third-order valence-electron chi connectivity index (χ3n) is 3.03. The van der Waals surface area contributed by atoms with Gasteiger partial charge in [0.25, 0.3) is 0 Å². The van der Waals surface area contributed by atoms with Crippen LogP contribution in [0, 0.1) is 5.82 Å². The fourth-order valence-electron chi connectivity index (χ4n) is 2.12. The lowest BCUT2D eigenvalue weighted by Crippen LogP contribution is -2.33. The smallest absolute Gasteiger partial charge is 0.173 e. The minimum absolute atomic E-state index is 0.0535. The first-order valence-electron chi connectivity index (χ1n) is 5.93. The first-order chi connectivity index (χ1) is 8.52. The second-order valence-electron chi connectivity index (χ2n) is 4.41. The summed E-state index contributed by atoms with van der Waals surface area (Å²) in [5.41, 5.74) is 0.581. The van der Waals surface area contributed by atoms with Crippen LogP contribution in [0.2, 0.25) is 0 Å². The predicted octanol–water partition coefficient (Wildman–Crippen LogP) is 2.18. The van der Waals surface area contributed by atoms with Crippen LogP contribution in [0.25, 0.3) is 0 Å². The van der Waals surface area contributed by atoms with Gasteiger partial charge in [0.05, 0.1) is 5.75 Å². The number of halogens is 1. The standard InChI is InChI=1S/C13H16FNO2S/c1-2-13(11-5-3-4-6-12(11)14)15-10-7-8-18(16,17)9-10/h3-8,10,13,15H,2,9H2,1H3. The Labute approximate surface area is 107 Å². The van der Waals surface area contributed by atoms with E-state index in [4.69, 9.17) is 0 Å². The predicted molar refractivity (Wildman–Crippen MR) is 69.3 cm³/mol. The van der Waals surface area contributed by atoms with Crippen molar-refractivity contribution in [1.29, 1.82) is 0 Å². The van der Waals surface area contributed by atoms with E-state index < -0.39 is 9.84 Å². The van der Waals surface area contributed by atoms with Gasteiger partial charge in [-0.2, -0.15) is 0 Å². The van der Waals surface area contributed by atoms with E-state index in [1.54, 1.807) is 24.3 Å². The van der Waals surface area contributed by atoms with Gasteiger partial charge in [-0.15, -0.1) is 0 Å². The van der Waals surface area contributed by atoms with Gasteiger partial charge in [-0.25, -0.2) is 12.8 Å². The monoisotopic (exact) mass is 269 g/mol. The lowest BCUT2D eigenvalue weighted by Gasteiger charge is -2.21. The second kappa shape index (κ2) is 5.20. The molecule has 1 N–H and O–H groups in total. The van der Waals surface area contributed by atoms with Crippen LogP contribution < -0.4 is 5.32 Å². The largest absolute Gasteiger partial charge is 0.303 e. The van der Waals surface area contributed by atoms with Gasteiger partial charge in [0, 0.05) is 23.1 Å². The van der Waals surface area contributed by atoms with Crippen LogP contribution in [0.1, 0.15) is 24.9 Å². The van der Waals surface area contributed by atoms with Crippen LogP contribution in [0.5, 0.6) is 0 Å². The van der Waals surface area contributed by atoms with Crippen LogP contribution in [0.4, 0.5) is 4.39 Å². The SMILES string of the molecule is CCC(NC1C=CS(=O)(=O)C1)c1ccccc1F. The molecule has 1 heterocycles. The molecule has 0 amide bonds. The fourth-order valence-corrected chi connectivity index (χ4v) is 3.37. The lowest BCUT2D eigenvalue weighted by atomic mass is 10.0. The summed E-state index contributed by atoms with van der Waals surface area (Å²) >= 11 is 0. The zero-order valence-corrected chi connectivity index (χ0v) is 11.0. The van der Waals surface area contributed by atoms with E-state index >= 15 is 0 Å². The second-order valence-corrected chi connectivity index (χ2v) is 6.34. The Morgan fingerprint density at radius 1 is 1.44 bits per heavy atom. The van der Waals surface area contributed by atoms with Crippen LogP contribution in [-0.4, -0.2) is 20.2 Å². The number of sulfone groups is 1. The average Bonchev–Trinajstić information content (AvgIpc) is 2.67. The summed E-state index contributed by atoms with van der Waals surface area (Å²) < 4.78 is 36.3. The minimum atomic E-state index is -3.08. The summed E-state index contributed by atoms with van der Waals surface area (Å²) in [5.74, 6) is -0.209. The molecular weight excluding hydrogens is 253 g/mol. The molecule has 1 aromatic rings. The summed E-state index contributed by atoms with van der Waals surface area (Å²) in [6, 6.07) is 6.16. The first-order valence-corrected chi connectivity index (χ1v) is 7.65. The Morgan fingerprint density at radius 2 is 2.17 bits per heavy atom. The third-order valence-corrected chi connectivity index (χ3v) is 4.43. The van der Waals surface area contributed by atoms with Crippen LogP contribution in [-0.2, 0) is 9.84 Å². The Kier molecular flexibility index (Phi) is 3.82. The molecule has 1 aliphatic rings. The molecule has 18 heavy (non-hydrogen) atoms. The Balaban J connectivity index is 2.12. The van der Waals surface area contributed by atoms with Gasteiger partial charge in [0.1, 0.15) is 5.82 Å². The highest BCUT2D eigenvalue weighted by Crippen LogP contribution is 2.22. The van der Waals surface area contributed by atoms with E-state index in [0.717, 1.165) is 0 Å². The molecule has 3 nitrogen and oxygen atoms in total. The number of benzene rings is 1. The van der Waals surface area contributed by atoms with Crippen LogP contribution in [0.15, 0.2) is 35.7 Å². The highest BCUT2D eigenvalue weighted by molar-refractivity contribution is 7.94. The van der Waals surface area contributed by atoms with E-state index in [2.05, 4.69) is 5.32 Å². The van der Waals surface area contributed by atoms with Gasteiger partial charge < -0.3 is 5.32 Å². The van der Waals surface area contributed by atoms with Crippen LogP contribution >= 0.6 is 0 Å². The number of hydrogen-bond donors (Lipinski definition) is 1. The molecule has 2 rings (SSSR count). The maximum atomic E-state index is 13.7. The normalized spacial score (nSPS) is 23.1. The van der Waals surface area contributed by atoms with E-state index in [-0.39, 0.29) is 23.7 Å². The highest BCUT2D eigenvalue weighted by atomic mass is 32.2. The molecule has 1 aliphatic heterocycles. The molecule has 2 atom stereocenters. The third kappa shape index (κ3) is 2.97. The molecular formula is C13H16FNO2S. The summed E-state index contributed by atoms with van der Waals surface area (Å²) in [6.07, 6.45) is 2.32. The quantitative estimate of drug-likeness (QED) is 0.911. The Bertz CT molecular complexity index is 554. The van der Waals surface area contributed by atoms with E-state index in [1.165, 1.54) is 11.5 Å². The van der Waals surface area contributed by atoms with Crippen LogP contribution in [0.3, 0.4) is 0 Å². The summed E-state index contributed by atoms with van der Waals surface area (Å²) in [6.45, 7) is 1.94. The maximum absolute atomic E-state index is 13.7. The maximum Gasteiger partial charge on any atom is 0.173 e. The van der Waals surface area contributed by atoms with Crippen molar-refractivity contribution in [2.24, 2.45) is 0 Å². The molecule has 0 fully saturated rings. The van der Waals surface area contributed by atoms with Gasteiger partial charge in [0.2, 0.25) is 0 Å². The molecule has 0 saturated carbocycles. The number of nitrogens with one attached hydrogen (secondary N) is 1. The average molecular weight is 269 g/mol. The van der Waals surface area contributed by atoms with Crippen molar-refractivity contribution in [3.05, 3.63) is 47.1 Å². The molecule has 5 heteroatoms. The number of rotatable bonds is 4. The van der Waals surface area contributed by atoms with E-state index in [0.29, 0.717) is 12.0 Å². The van der Waals surface area contributed by atoms with Gasteiger partial charge >= 0.3 is 0 Å². The van der Waals surface area contributed by atoms with E-state index in [9.17, 15) is 12.8 Å². The van der Waals surface area contributed by atoms with Gasteiger partial charge in [-0.05, 0) is 12.5 Å². The summed E-state index contributed by atoms with van der Waals surface area (Å²) in [7, 11) is -3.08. The van der Waals surface area contributed by atoms with Crippen molar-refractivity contribution in [2.45, 2.75) is 25.4 Å². The van der Waals surface area contributed by atoms with Gasteiger partial charge in [-0.3, -0.25) is 0 Å². The number of hydrogen-bond acceptors (Lipinski definition) is 3. The Hall–Kier alpha value is -1.20. The minimum Gasteiger partial charge on any atom is -0.303 e. The molecule has 0 aliphatic carbocycles.